The Morgan fingerprint density at radius 3 is 2.68 bits per heavy atom. The van der Waals surface area contributed by atoms with Gasteiger partial charge in [-0.25, -0.2) is 4.98 Å². The third-order valence-corrected chi connectivity index (χ3v) is 4.69. The quantitative estimate of drug-likeness (QED) is 0.875. The molecule has 0 amide bonds. The Morgan fingerprint density at radius 2 is 1.95 bits per heavy atom. The number of nitrogens with zero attached hydrogens (tertiary/aromatic N) is 4. The van der Waals surface area contributed by atoms with Crippen molar-refractivity contribution in [1.82, 2.24) is 14.9 Å². The molecule has 0 bridgehead atoms. The fraction of sp³-hybridized carbons (Fsp3) is 0.765. The van der Waals surface area contributed by atoms with Gasteiger partial charge in [-0.15, -0.1) is 0 Å². The van der Waals surface area contributed by atoms with Crippen LogP contribution >= 0.6 is 0 Å². The van der Waals surface area contributed by atoms with E-state index >= 15 is 0 Å². The van der Waals surface area contributed by atoms with E-state index in [1.807, 2.05) is 12.3 Å². The third-order valence-electron chi connectivity index (χ3n) is 4.69. The van der Waals surface area contributed by atoms with Gasteiger partial charge in [0.05, 0.1) is 6.04 Å². The summed E-state index contributed by atoms with van der Waals surface area (Å²) in [4.78, 5) is 14.0. The first kappa shape index (κ1) is 15.5. The molecule has 2 aliphatic heterocycles. The van der Waals surface area contributed by atoms with Crippen molar-refractivity contribution in [2.24, 2.45) is 0 Å². The number of anilines is 2. The molecule has 0 spiro atoms. The van der Waals surface area contributed by atoms with Gasteiger partial charge >= 0.3 is 0 Å². The number of hydrogen-bond donors (Lipinski definition) is 1. The van der Waals surface area contributed by atoms with Gasteiger partial charge in [0.2, 0.25) is 5.95 Å². The lowest BCUT2D eigenvalue weighted by atomic mass is 10.1. The standard InChI is InChI=1S/C17H29N5/c1-2-3-10-21-13-15(14-21)19-17-18-9-8-16(20-17)22-11-6-4-5-7-12-22/h8-9,15H,2-7,10-14H2,1H3,(H,18,19,20). The van der Waals surface area contributed by atoms with Crippen LogP contribution in [-0.4, -0.2) is 53.6 Å². The van der Waals surface area contributed by atoms with E-state index in [-0.39, 0.29) is 0 Å². The zero-order valence-corrected chi connectivity index (χ0v) is 13.8. The minimum absolute atomic E-state index is 0.510. The SMILES string of the molecule is CCCCN1CC(Nc2nccc(N3CCCCCC3)n2)C1. The zero-order chi connectivity index (χ0) is 15.2. The molecule has 2 saturated heterocycles. The summed E-state index contributed by atoms with van der Waals surface area (Å²) >= 11 is 0. The van der Waals surface area contributed by atoms with Crippen LogP contribution in [0.3, 0.4) is 0 Å². The molecule has 3 heterocycles. The molecule has 0 radical (unpaired) electrons. The first-order valence-electron chi connectivity index (χ1n) is 8.92. The largest absolute Gasteiger partial charge is 0.356 e. The van der Waals surface area contributed by atoms with Crippen molar-refractivity contribution >= 4 is 11.8 Å². The van der Waals surface area contributed by atoms with E-state index in [2.05, 4.69) is 27.0 Å². The highest BCUT2D eigenvalue weighted by Gasteiger charge is 2.26. The molecule has 2 fully saturated rings. The highest BCUT2D eigenvalue weighted by Crippen LogP contribution is 2.19. The van der Waals surface area contributed by atoms with Crippen molar-refractivity contribution in [1.29, 1.82) is 0 Å². The molecular formula is C17H29N5. The minimum Gasteiger partial charge on any atom is -0.356 e. The molecule has 122 valence electrons. The van der Waals surface area contributed by atoms with Gasteiger partial charge in [0.15, 0.2) is 0 Å². The van der Waals surface area contributed by atoms with Crippen LogP contribution in [0.1, 0.15) is 45.4 Å². The maximum absolute atomic E-state index is 4.73. The van der Waals surface area contributed by atoms with Crippen molar-refractivity contribution in [2.75, 3.05) is 42.9 Å². The number of nitrogens with one attached hydrogen (secondary N) is 1. The molecule has 0 atom stereocenters. The van der Waals surface area contributed by atoms with Crippen molar-refractivity contribution in [3.05, 3.63) is 12.3 Å². The molecule has 5 heteroatoms. The number of unbranched alkanes of at least 4 members (excludes halogenated alkanes) is 1. The van der Waals surface area contributed by atoms with Crippen LogP contribution in [0.5, 0.6) is 0 Å². The molecule has 0 aliphatic carbocycles. The Hall–Kier alpha value is -1.36. The normalized spacial score (nSPS) is 20.5. The first-order chi connectivity index (χ1) is 10.8. The lowest BCUT2D eigenvalue weighted by Gasteiger charge is -2.39. The Kier molecular flexibility index (Phi) is 5.48. The Balaban J connectivity index is 1.51. The van der Waals surface area contributed by atoms with E-state index in [0.29, 0.717) is 6.04 Å². The molecule has 2 aliphatic rings. The molecule has 22 heavy (non-hydrogen) atoms. The highest BCUT2D eigenvalue weighted by molar-refractivity contribution is 5.43. The van der Waals surface area contributed by atoms with Crippen molar-refractivity contribution in [2.45, 2.75) is 51.5 Å². The van der Waals surface area contributed by atoms with Crippen LogP contribution in [0.25, 0.3) is 0 Å². The van der Waals surface area contributed by atoms with Crippen LogP contribution in [-0.2, 0) is 0 Å². The zero-order valence-electron chi connectivity index (χ0n) is 13.8. The summed E-state index contributed by atoms with van der Waals surface area (Å²) in [6.07, 6.45) is 9.72. The van der Waals surface area contributed by atoms with Crippen LogP contribution in [0.2, 0.25) is 0 Å². The monoisotopic (exact) mass is 303 g/mol. The summed E-state index contributed by atoms with van der Waals surface area (Å²) in [5, 5.41) is 3.49. The summed E-state index contributed by atoms with van der Waals surface area (Å²) < 4.78 is 0. The van der Waals surface area contributed by atoms with Crippen molar-refractivity contribution in [3.8, 4) is 0 Å². The van der Waals surface area contributed by atoms with Crippen LogP contribution in [0.4, 0.5) is 11.8 Å². The summed E-state index contributed by atoms with van der Waals surface area (Å²) in [5.41, 5.74) is 0. The van der Waals surface area contributed by atoms with Crippen LogP contribution < -0.4 is 10.2 Å². The lowest BCUT2D eigenvalue weighted by Crippen LogP contribution is -2.55. The van der Waals surface area contributed by atoms with Crippen LogP contribution in [0.15, 0.2) is 12.3 Å². The maximum atomic E-state index is 4.73. The maximum Gasteiger partial charge on any atom is 0.224 e. The van der Waals surface area contributed by atoms with Crippen molar-refractivity contribution < 1.29 is 0 Å². The molecule has 1 aromatic rings. The summed E-state index contributed by atoms with van der Waals surface area (Å²) in [6.45, 7) is 7.98. The molecule has 0 saturated carbocycles. The number of aromatic nitrogens is 2. The topological polar surface area (TPSA) is 44.3 Å². The summed E-state index contributed by atoms with van der Waals surface area (Å²) in [5.74, 6) is 1.88. The smallest absolute Gasteiger partial charge is 0.224 e. The van der Waals surface area contributed by atoms with Gasteiger partial charge in [0, 0.05) is 32.4 Å². The van der Waals surface area contributed by atoms with Gasteiger partial charge in [-0.1, -0.05) is 26.2 Å². The second-order valence-corrected chi connectivity index (χ2v) is 6.59. The Labute approximate surface area is 134 Å². The molecule has 0 unspecified atom stereocenters. The van der Waals surface area contributed by atoms with Gasteiger partial charge in [-0.05, 0) is 31.9 Å². The van der Waals surface area contributed by atoms with E-state index in [1.54, 1.807) is 0 Å². The fourth-order valence-corrected chi connectivity index (χ4v) is 3.30. The van der Waals surface area contributed by atoms with Gasteiger partial charge in [-0.2, -0.15) is 4.98 Å². The number of hydrogen-bond acceptors (Lipinski definition) is 5. The predicted octanol–water partition coefficient (Wildman–Crippen LogP) is 2.75. The average Bonchev–Trinajstić information content (AvgIpc) is 2.79. The Bertz CT molecular complexity index is 450. The first-order valence-corrected chi connectivity index (χ1v) is 8.92. The average molecular weight is 303 g/mol. The number of likely N-dealkylation sites (tertiary alicyclic amines) is 1. The molecule has 1 N–H and O–H groups in total. The van der Waals surface area contributed by atoms with E-state index in [9.17, 15) is 0 Å². The Morgan fingerprint density at radius 1 is 1.18 bits per heavy atom. The van der Waals surface area contributed by atoms with Gasteiger partial charge in [-0.3, -0.25) is 4.90 Å². The predicted molar refractivity (Wildman–Crippen MR) is 91.5 cm³/mol. The van der Waals surface area contributed by atoms with E-state index < -0.39 is 0 Å². The molecular weight excluding hydrogens is 274 g/mol. The lowest BCUT2D eigenvalue weighted by molar-refractivity contribution is 0.159. The van der Waals surface area contributed by atoms with Gasteiger partial charge in [0.25, 0.3) is 0 Å². The number of rotatable bonds is 6. The van der Waals surface area contributed by atoms with Crippen molar-refractivity contribution in [3.63, 3.8) is 0 Å². The van der Waals surface area contributed by atoms with Crippen LogP contribution in [0, 0.1) is 0 Å². The molecule has 3 rings (SSSR count). The van der Waals surface area contributed by atoms with E-state index in [1.165, 1.54) is 45.1 Å². The van der Waals surface area contributed by atoms with Gasteiger partial charge in [0.1, 0.15) is 5.82 Å². The summed E-state index contributed by atoms with van der Waals surface area (Å²) in [7, 11) is 0. The second-order valence-electron chi connectivity index (χ2n) is 6.59. The van der Waals surface area contributed by atoms with E-state index in [4.69, 9.17) is 4.98 Å². The fourth-order valence-electron chi connectivity index (χ4n) is 3.30. The molecule has 5 nitrogen and oxygen atoms in total. The third kappa shape index (κ3) is 4.09. The highest BCUT2D eigenvalue weighted by atomic mass is 15.3. The van der Waals surface area contributed by atoms with E-state index in [0.717, 1.165) is 37.9 Å². The minimum atomic E-state index is 0.510. The molecule has 0 aromatic carbocycles. The van der Waals surface area contributed by atoms with Gasteiger partial charge < -0.3 is 10.2 Å². The second kappa shape index (κ2) is 7.77. The molecule has 1 aromatic heterocycles. The summed E-state index contributed by atoms with van der Waals surface area (Å²) in [6, 6.07) is 2.56.